The van der Waals surface area contributed by atoms with Gasteiger partial charge in [0.2, 0.25) is 0 Å². The van der Waals surface area contributed by atoms with Gasteiger partial charge in [0.25, 0.3) is 11.6 Å². The molecule has 0 radical (unpaired) electrons. The lowest BCUT2D eigenvalue weighted by Crippen LogP contribution is -2.37. The van der Waals surface area contributed by atoms with Gasteiger partial charge in [-0.2, -0.15) is 5.10 Å². The largest absolute Gasteiger partial charge is 0.378 e. The Hall–Kier alpha value is -3.79. The van der Waals surface area contributed by atoms with Crippen molar-refractivity contribution in [2.45, 2.75) is 19.9 Å². The molecule has 1 aliphatic heterocycles. The maximum atomic E-state index is 13.0. The summed E-state index contributed by atoms with van der Waals surface area (Å²) in [5.41, 5.74) is 2.81. The van der Waals surface area contributed by atoms with Crippen LogP contribution in [0.25, 0.3) is 5.69 Å². The highest BCUT2D eigenvalue weighted by molar-refractivity contribution is 5.95. The first-order chi connectivity index (χ1) is 15.6. The quantitative estimate of drug-likeness (QED) is 0.447. The van der Waals surface area contributed by atoms with E-state index in [2.05, 4.69) is 20.3 Å². The number of rotatable bonds is 7. The summed E-state index contributed by atoms with van der Waals surface area (Å²) in [5.74, 6) is 0.625. The number of non-ortho nitro benzene ring substituents is 1. The van der Waals surface area contributed by atoms with E-state index < -0.39 is 4.92 Å². The molecule has 32 heavy (non-hydrogen) atoms. The molecule has 1 amide bonds. The zero-order valence-corrected chi connectivity index (χ0v) is 17.7. The number of anilines is 1. The summed E-state index contributed by atoms with van der Waals surface area (Å²) in [6.07, 6.45) is 3.85. The third kappa shape index (κ3) is 4.45. The molecule has 0 saturated carbocycles. The molecule has 1 aliphatic rings. The predicted molar refractivity (Wildman–Crippen MR) is 118 cm³/mol. The monoisotopic (exact) mass is 436 g/mol. The number of pyridine rings is 1. The number of ether oxygens (including phenoxy) is 1. The number of nitrogens with zero attached hydrogens (tertiary/aromatic N) is 5. The van der Waals surface area contributed by atoms with E-state index in [4.69, 9.17) is 4.74 Å². The van der Waals surface area contributed by atoms with Gasteiger partial charge in [0, 0.05) is 43.5 Å². The van der Waals surface area contributed by atoms with Gasteiger partial charge in [-0.25, -0.2) is 9.67 Å². The highest BCUT2D eigenvalue weighted by Gasteiger charge is 2.20. The van der Waals surface area contributed by atoms with Crippen molar-refractivity contribution in [2.75, 3.05) is 31.2 Å². The minimum atomic E-state index is -0.448. The molecule has 0 spiro atoms. The van der Waals surface area contributed by atoms with Gasteiger partial charge in [-0.15, -0.1) is 0 Å². The highest BCUT2D eigenvalue weighted by atomic mass is 16.6. The molecule has 0 atom stereocenters. The average Bonchev–Trinajstić information content (AvgIpc) is 3.27. The topological polar surface area (TPSA) is 115 Å². The molecule has 4 rings (SSSR count). The van der Waals surface area contributed by atoms with E-state index in [1.165, 1.54) is 18.3 Å². The molecule has 1 aromatic carbocycles. The van der Waals surface area contributed by atoms with Gasteiger partial charge in [0.05, 0.1) is 41.3 Å². The summed E-state index contributed by atoms with van der Waals surface area (Å²) < 4.78 is 7.06. The molecule has 0 bridgehead atoms. The molecule has 10 nitrogen and oxygen atoms in total. The van der Waals surface area contributed by atoms with Crippen molar-refractivity contribution >= 4 is 17.4 Å². The molecule has 1 fully saturated rings. The van der Waals surface area contributed by atoms with Crippen molar-refractivity contribution in [3.8, 4) is 5.69 Å². The fourth-order valence-electron chi connectivity index (χ4n) is 3.74. The Balaban J connectivity index is 1.51. The summed E-state index contributed by atoms with van der Waals surface area (Å²) in [5, 5.41) is 18.2. The smallest absolute Gasteiger partial charge is 0.269 e. The Morgan fingerprint density at radius 1 is 1.22 bits per heavy atom. The summed E-state index contributed by atoms with van der Waals surface area (Å²) in [4.78, 5) is 30.1. The van der Waals surface area contributed by atoms with Crippen LogP contribution in [0.1, 0.15) is 28.5 Å². The zero-order valence-electron chi connectivity index (χ0n) is 17.7. The van der Waals surface area contributed by atoms with E-state index in [0.717, 1.165) is 30.2 Å². The standard InChI is InChI=1S/C22H24N6O4/c1-2-20-19(15-25-27(20)17-5-7-18(8-6-17)28(30)31)22(29)24-14-16-4-3-9-23-21(16)26-10-12-32-13-11-26/h3-9,15H,2,10-14H2,1H3,(H,24,29). The Morgan fingerprint density at radius 2 is 1.97 bits per heavy atom. The molecular weight excluding hydrogens is 412 g/mol. The van der Waals surface area contributed by atoms with Crippen molar-refractivity contribution in [2.24, 2.45) is 0 Å². The molecular formula is C22H24N6O4. The number of morpholine rings is 1. The number of carbonyl (C=O) groups excluding carboxylic acids is 1. The summed E-state index contributed by atoms with van der Waals surface area (Å²) in [6.45, 7) is 5.12. The van der Waals surface area contributed by atoms with Gasteiger partial charge < -0.3 is 15.0 Å². The number of carbonyl (C=O) groups is 1. The fourth-order valence-corrected chi connectivity index (χ4v) is 3.74. The van der Waals surface area contributed by atoms with Crippen LogP contribution in [0.4, 0.5) is 11.5 Å². The first-order valence-electron chi connectivity index (χ1n) is 10.4. The van der Waals surface area contributed by atoms with E-state index in [-0.39, 0.29) is 11.6 Å². The zero-order chi connectivity index (χ0) is 22.5. The van der Waals surface area contributed by atoms with Gasteiger partial charge in [0.15, 0.2) is 0 Å². The molecule has 3 heterocycles. The summed E-state index contributed by atoms with van der Waals surface area (Å²) >= 11 is 0. The normalized spacial score (nSPS) is 13.7. The van der Waals surface area contributed by atoms with Crippen molar-refractivity contribution in [3.05, 3.63) is 75.7 Å². The fraction of sp³-hybridized carbons (Fsp3) is 0.318. The summed E-state index contributed by atoms with van der Waals surface area (Å²) in [6, 6.07) is 9.90. The molecule has 0 unspecified atom stereocenters. The second-order valence-corrected chi connectivity index (χ2v) is 7.31. The van der Waals surface area contributed by atoms with Gasteiger partial charge in [-0.3, -0.25) is 14.9 Å². The Bertz CT molecular complexity index is 1110. The van der Waals surface area contributed by atoms with Gasteiger partial charge in [-0.1, -0.05) is 13.0 Å². The lowest BCUT2D eigenvalue weighted by Gasteiger charge is -2.29. The number of hydrogen-bond donors (Lipinski definition) is 1. The van der Waals surface area contributed by atoms with Gasteiger partial charge in [-0.05, 0) is 24.6 Å². The molecule has 1 saturated heterocycles. The number of benzene rings is 1. The predicted octanol–water partition coefficient (Wildman–Crippen LogP) is 2.50. The van der Waals surface area contributed by atoms with Gasteiger partial charge in [0.1, 0.15) is 5.82 Å². The number of aromatic nitrogens is 3. The Labute approximate surface area is 185 Å². The molecule has 3 aromatic rings. The Kier molecular flexibility index (Phi) is 6.41. The molecule has 10 heteroatoms. The maximum absolute atomic E-state index is 13.0. The molecule has 1 N–H and O–H groups in total. The molecule has 0 aliphatic carbocycles. The lowest BCUT2D eigenvalue weighted by atomic mass is 10.1. The second-order valence-electron chi connectivity index (χ2n) is 7.31. The van der Waals surface area contributed by atoms with Crippen LogP contribution in [-0.2, 0) is 17.7 Å². The van der Waals surface area contributed by atoms with Crippen LogP contribution < -0.4 is 10.2 Å². The number of nitrogens with one attached hydrogen (secondary N) is 1. The van der Waals surface area contributed by atoms with Crippen LogP contribution in [0.5, 0.6) is 0 Å². The average molecular weight is 436 g/mol. The second kappa shape index (κ2) is 9.56. The number of amides is 1. The van der Waals surface area contributed by atoms with E-state index >= 15 is 0 Å². The van der Waals surface area contributed by atoms with Crippen LogP contribution in [0.15, 0.2) is 48.8 Å². The minimum absolute atomic E-state index is 0.00413. The SMILES string of the molecule is CCc1c(C(=O)NCc2cccnc2N2CCOCC2)cnn1-c1ccc([N+](=O)[O-])cc1. The number of nitro benzene ring substituents is 1. The minimum Gasteiger partial charge on any atom is -0.378 e. The van der Waals surface area contributed by atoms with Crippen LogP contribution in [0.2, 0.25) is 0 Å². The van der Waals surface area contributed by atoms with E-state index in [1.54, 1.807) is 23.0 Å². The molecule has 166 valence electrons. The van der Waals surface area contributed by atoms with Crippen molar-refractivity contribution in [1.29, 1.82) is 0 Å². The van der Waals surface area contributed by atoms with E-state index in [9.17, 15) is 14.9 Å². The van der Waals surface area contributed by atoms with Crippen molar-refractivity contribution in [1.82, 2.24) is 20.1 Å². The van der Waals surface area contributed by atoms with E-state index in [1.807, 2.05) is 19.1 Å². The summed E-state index contributed by atoms with van der Waals surface area (Å²) in [7, 11) is 0. The van der Waals surface area contributed by atoms with Crippen molar-refractivity contribution in [3.63, 3.8) is 0 Å². The van der Waals surface area contributed by atoms with Crippen LogP contribution >= 0.6 is 0 Å². The van der Waals surface area contributed by atoms with E-state index in [0.29, 0.717) is 37.4 Å². The molecule has 2 aromatic heterocycles. The van der Waals surface area contributed by atoms with Crippen LogP contribution in [-0.4, -0.2) is 51.9 Å². The number of nitro groups is 1. The van der Waals surface area contributed by atoms with Crippen LogP contribution in [0, 0.1) is 10.1 Å². The Morgan fingerprint density at radius 3 is 2.66 bits per heavy atom. The van der Waals surface area contributed by atoms with Gasteiger partial charge >= 0.3 is 0 Å². The third-order valence-electron chi connectivity index (χ3n) is 5.37. The van der Waals surface area contributed by atoms with Crippen LogP contribution in [0.3, 0.4) is 0 Å². The van der Waals surface area contributed by atoms with Crippen molar-refractivity contribution < 1.29 is 14.5 Å². The maximum Gasteiger partial charge on any atom is 0.269 e. The lowest BCUT2D eigenvalue weighted by molar-refractivity contribution is -0.384. The first kappa shape index (κ1) is 21.4. The highest BCUT2D eigenvalue weighted by Crippen LogP contribution is 2.21. The third-order valence-corrected chi connectivity index (χ3v) is 5.37. The number of hydrogen-bond acceptors (Lipinski definition) is 7. The first-order valence-corrected chi connectivity index (χ1v) is 10.4.